The number of nitrogens with zero attached hydrogens (tertiary/aromatic N) is 1. The number of phenols is 1. The molecule has 0 aliphatic carbocycles. The second kappa shape index (κ2) is 3.98. The first kappa shape index (κ1) is 10.7. The van der Waals surface area contributed by atoms with Crippen LogP contribution in [-0.4, -0.2) is 24.1 Å². The summed E-state index contributed by atoms with van der Waals surface area (Å²) in [6.45, 7) is 0.524. The third kappa shape index (κ3) is 1.79. The number of hydrogen-bond acceptors (Lipinski definition) is 4. The minimum Gasteiger partial charge on any atom is -0.507 e. The highest BCUT2D eigenvalue weighted by Gasteiger charge is 2.11. The lowest BCUT2D eigenvalue weighted by Gasteiger charge is -2.12. The van der Waals surface area contributed by atoms with Gasteiger partial charge in [0.2, 0.25) is 0 Å². The average molecular weight is 219 g/mol. The van der Waals surface area contributed by atoms with E-state index >= 15 is 0 Å². The standard InChI is InChI=1S/C12H13NO3/c1-13(2)7-9-10(14)4-3-8-11(15)5-6-16-12(8)9/h3-6,14H,7H2,1-2H3. The van der Waals surface area contributed by atoms with Crippen LogP contribution in [0.2, 0.25) is 0 Å². The number of hydrogen-bond donors (Lipinski definition) is 1. The molecule has 0 amide bonds. The summed E-state index contributed by atoms with van der Waals surface area (Å²) in [6, 6.07) is 4.48. The highest BCUT2D eigenvalue weighted by atomic mass is 16.3. The van der Waals surface area contributed by atoms with Gasteiger partial charge >= 0.3 is 0 Å². The van der Waals surface area contributed by atoms with Crippen LogP contribution in [-0.2, 0) is 6.54 Å². The van der Waals surface area contributed by atoms with E-state index in [1.54, 1.807) is 6.07 Å². The van der Waals surface area contributed by atoms with Gasteiger partial charge in [-0.15, -0.1) is 0 Å². The molecule has 0 spiro atoms. The number of aromatic hydroxyl groups is 1. The fourth-order valence-corrected chi connectivity index (χ4v) is 1.67. The molecule has 1 aromatic heterocycles. The van der Waals surface area contributed by atoms with E-state index in [-0.39, 0.29) is 11.2 Å². The summed E-state index contributed by atoms with van der Waals surface area (Å²) in [5.74, 6) is 0.149. The van der Waals surface area contributed by atoms with E-state index in [4.69, 9.17) is 4.42 Å². The predicted molar refractivity (Wildman–Crippen MR) is 61.5 cm³/mol. The van der Waals surface area contributed by atoms with Gasteiger partial charge in [-0.1, -0.05) is 0 Å². The molecule has 4 heteroatoms. The van der Waals surface area contributed by atoms with Crippen molar-refractivity contribution in [2.24, 2.45) is 0 Å². The molecule has 0 saturated heterocycles. The van der Waals surface area contributed by atoms with Gasteiger partial charge in [0.1, 0.15) is 11.3 Å². The SMILES string of the molecule is CN(C)Cc1c(O)ccc2c(=O)ccoc12. The third-order valence-corrected chi connectivity index (χ3v) is 2.38. The molecule has 0 aliphatic rings. The molecule has 0 bridgehead atoms. The van der Waals surface area contributed by atoms with Crippen molar-refractivity contribution in [1.29, 1.82) is 0 Å². The van der Waals surface area contributed by atoms with Gasteiger partial charge in [0.25, 0.3) is 0 Å². The molecule has 84 valence electrons. The van der Waals surface area contributed by atoms with Crippen molar-refractivity contribution in [3.8, 4) is 5.75 Å². The Bertz CT molecular complexity index is 572. The van der Waals surface area contributed by atoms with E-state index in [1.165, 1.54) is 18.4 Å². The van der Waals surface area contributed by atoms with Crippen molar-refractivity contribution in [2.45, 2.75) is 6.54 Å². The van der Waals surface area contributed by atoms with Crippen molar-refractivity contribution in [2.75, 3.05) is 14.1 Å². The number of benzene rings is 1. The molecule has 16 heavy (non-hydrogen) atoms. The fraction of sp³-hybridized carbons (Fsp3) is 0.250. The van der Waals surface area contributed by atoms with Crippen LogP contribution in [0.15, 0.2) is 33.7 Å². The zero-order valence-corrected chi connectivity index (χ0v) is 9.23. The molecule has 0 fully saturated rings. The highest BCUT2D eigenvalue weighted by Crippen LogP contribution is 2.26. The molecule has 0 radical (unpaired) electrons. The fourth-order valence-electron chi connectivity index (χ4n) is 1.67. The van der Waals surface area contributed by atoms with Crippen LogP contribution in [0.25, 0.3) is 11.0 Å². The van der Waals surface area contributed by atoms with Crippen molar-refractivity contribution in [3.05, 3.63) is 40.2 Å². The molecule has 1 aromatic carbocycles. The van der Waals surface area contributed by atoms with E-state index in [0.717, 1.165) is 0 Å². The van der Waals surface area contributed by atoms with Gasteiger partial charge in [-0.2, -0.15) is 0 Å². The molecule has 0 aliphatic heterocycles. The normalized spacial score (nSPS) is 11.2. The summed E-state index contributed by atoms with van der Waals surface area (Å²) >= 11 is 0. The second-order valence-corrected chi connectivity index (χ2v) is 3.96. The first-order valence-corrected chi connectivity index (χ1v) is 4.96. The lowest BCUT2D eigenvalue weighted by atomic mass is 10.1. The predicted octanol–water partition coefficient (Wildman–Crippen LogP) is 1.56. The Morgan fingerprint density at radius 3 is 2.75 bits per heavy atom. The van der Waals surface area contributed by atoms with Crippen LogP contribution in [0.3, 0.4) is 0 Å². The van der Waals surface area contributed by atoms with Crippen LogP contribution < -0.4 is 5.43 Å². The van der Waals surface area contributed by atoms with Gasteiger partial charge in [0.15, 0.2) is 5.43 Å². The molecule has 0 atom stereocenters. The van der Waals surface area contributed by atoms with Crippen LogP contribution in [0, 0.1) is 0 Å². The maximum absolute atomic E-state index is 11.6. The summed E-state index contributed by atoms with van der Waals surface area (Å²) in [7, 11) is 3.78. The summed E-state index contributed by atoms with van der Waals surface area (Å²) < 4.78 is 5.32. The van der Waals surface area contributed by atoms with Crippen molar-refractivity contribution < 1.29 is 9.52 Å². The minimum atomic E-state index is -0.0961. The first-order valence-electron chi connectivity index (χ1n) is 4.96. The average Bonchev–Trinajstić information content (AvgIpc) is 2.22. The second-order valence-electron chi connectivity index (χ2n) is 3.96. The Morgan fingerprint density at radius 1 is 1.31 bits per heavy atom. The lowest BCUT2D eigenvalue weighted by molar-refractivity contribution is 0.384. The maximum Gasteiger partial charge on any atom is 0.192 e. The maximum atomic E-state index is 11.6. The van der Waals surface area contributed by atoms with Crippen LogP contribution in [0.5, 0.6) is 5.75 Å². The Hall–Kier alpha value is -1.81. The summed E-state index contributed by atoms with van der Waals surface area (Å²) in [6.07, 6.45) is 1.35. The quantitative estimate of drug-likeness (QED) is 0.832. The molecule has 0 saturated carbocycles. The Morgan fingerprint density at radius 2 is 2.06 bits per heavy atom. The van der Waals surface area contributed by atoms with Crippen molar-refractivity contribution in [3.63, 3.8) is 0 Å². The first-order chi connectivity index (χ1) is 7.59. The van der Waals surface area contributed by atoms with Crippen LogP contribution in [0.4, 0.5) is 0 Å². The summed E-state index contributed by atoms with van der Waals surface area (Å²) in [4.78, 5) is 13.5. The van der Waals surface area contributed by atoms with Crippen LogP contribution in [0.1, 0.15) is 5.56 Å². The Balaban J connectivity index is 2.74. The van der Waals surface area contributed by atoms with Crippen molar-refractivity contribution in [1.82, 2.24) is 4.90 Å². The minimum absolute atomic E-state index is 0.0961. The number of rotatable bonds is 2. The third-order valence-electron chi connectivity index (χ3n) is 2.38. The summed E-state index contributed by atoms with van der Waals surface area (Å²) in [5.41, 5.74) is 1.00. The van der Waals surface area contributed by atoms with E-state index in [2.05, 4.69) is 0 Å². The van der Waals surface area contributed by atoms with Crippen molar-refractivity contribution >= 4 is 11.0 Å². The zero-order valence-electron chi connectivity index (χ0n) is 9.23. The lowest BCUT2D eigenvalue weighted by Crippen LogP contribution is -2.12. The number of fused-ring (bicyclic) bond motifs is 1. The molecule has 0 unspecified atom stereocenters. The molecular weight excluding hydrogens is 206 g/mol. The van der Waals surface area contributed by atoms with Gasteiger partial charge in [-0.3, -0.25) is 4.79 Å². The van der Waals surface area contributed by atoms with Gasteiger partial charge in [0.05, 0.1) is 17.2 Å². The molecule has 2 rings (SSSR count). The highest BCUT2D eigenvalue weighted by molar-refractivity contribution is 5.81. The molecule has 4 nitrogen and oxygen atoms in total. The summed E-state index contributed by atoms with van der Waals surface area (Å²) in [5, 5.41) is 10.3. The van der Waals surface area contributed by atoms with Gasteiger partial charge in [0, 0.05) is 12.6 Å². The molecular formula is C12H13NO3. The topological polar surface area (TPSA) is 53.7 Å². The zero-order chi connectivity index (χ0) is 11.7. The van der Waals surface area contributed by atoms with Crippen LogP contribution >= 0.6 is 0 Å². The molecule has 1 heterocycles. The monoisotopic (exact) mass is 219 g/mol. The van der Waals surface area contributed by atoms with Gasteiger partial charge in [-0.05, 0) is 26.2 Å². The molecule has 1 N–H and O–H groups in total. The van der Waals surface area contributed by atoms with E-state index in [1.807, 2.05) is 19.0 Å². The Kier molecular flexibility index (Phi) is 2.66. The largest absolute Gasteiger partial charge is 0.507 e. The van der Waals surface area contributed by atoms with E-state index in [9.17, 15) is 9.90 Å². The number of phenolic OH excluding ortho intramolecular Hbond substituents is 1. The Labute approximate surface area is 92.7 Å². The van der Waals surface area contributed by atoms with Gasteiger partial charge in [-0.25, -0.2) is 0 Å². The van der Waals surface area contributed by atoms with E-state index < -0.39 is 0 Å². The van der Waals surface area contributed by atoms with Gasteiger partial charge < -0.3 is 14.4 Å². The smallest absolute Gasteiger partial charge is 0.192 e. The van der Waals surface area contributed by atoms with E-state index in [0.29, 0.717) is 23.1 Å². The molecule has 2 aromatic rings.